The molecule has 1 N–H and O–H groups in total. The monoisotopic (exact) mass is 338 g/mol. The SMILES string of the molecule is CNCCC(=O)N(Cc1ccc2c(c1)CCO2)C1CCCC1.Cl. The number of benzene rings is 1. The molecule has 5 heteroatoms. The number of carbonyl (C=O) groups excluding carboxylic acids is 1. The fourth-order valence-corrected chi connectivity index (χ4v) is 3.55. The third-order valence-corrected chi connectivity index (χ3v) is 4.78. The number of hydrogen-bond donors (Lipinski definition) is 1. The lowest BCUT2D eigenvalue weighted by Crippen LogP contribution is -2.39. The molecule has 1 heterocycles. The summed E-state index contributed by atoms with van der Waals surface area (Å²) in [5.74, 6) is 1.29. The van der Waals surface area contributed by atoms with E-state index in [0.29, 0.717) is 12.5 Å². The minimum absolute atomic E-state index is 0. The minimum Gasteiger partial charge on any atom is -0.493 e. The largest absolute Gasteiger partial charge is 0.493 e. The Labute approximate surface area is 145 Å². The standard InChI is InChI=1S/C18H26N2O2.ClH/c1-19-10-8-18(21)20(16-4-2-3-5-16)13-14-6-7-17-15(12-14)9-11-22-17;/h6-7,12,16,19H,2-5,8-11,13H2,1H3;1H. The van der Waals surface area contributed by atoms with Crippen LogP contribution in [0.15, 0.2) is 18.2 Å². The highest BCUT2D eigenvalue weighted by molar-refractivity contribution is 5.85. The Morgan fingerprint density at radius 1 is 1.35 bits per heavy atom. The smallest absolute Gasteiger partial charge is 0.224 e. The zero-order chi connectivity index (χ0) is 15.4. The van der Waals surface area contributed by atoms with Gasteiger partial charge in [0.2, 0.25) is 5.91 Å². The van der Waals surface area contributed by atoms with Gasteiger partial charge in [-0.2, -0.15) is 0 Å². The molecule has 1 aliphatic heterocycles. The number of ether oxygens (including phenoxy) is 1. The molecule has 1 amide bonds. The molecule has 128 valence electrons. The molecule has 1 aromatic carbocycles. The average Bonchev–Trinajstić information content (AvgIpc) is 3.20. The van der Waals surface area contributed by atoms with E-state index in [0.717, 1.165) is 44.7 Å². The van der Waals surface area contributed by atoms with Gasteiger partial charge in [0.1, 0.15) is 5.75 Å². The molecule has 0 spiro atoms. The van der Waals surface area contributed by atoms with Gasteiger partial charge in [0.05, 0.1) is 6.61 Å². The van der Waals surface area contributed by atoms with Crippen molar-refractivity contribution < 1.29 is 9.53 Å². The second-order valence-electron chi connectivity index (χ2n) is 6.35. The zero-order valence-electron chi connectivity index (χ0n) is 13.8. The van der Waals surface area contributed by atoms with Gasteiger partial charge < -0.3 is 15.0 Å². The lowest BCUT2D eigenvalue weighted by molar-refractivity contribution is -0.134. The Kier molecular flexibility index (Phi) is 6.72. The van der Waals surface area contributed by atoms with Crippen LogP contribution >= 0.6 is 12.4 Å². The van der Waals surface area contributed by atoms with Crippen molar-refractivity contribution in [3.63, 3.8) is 0 Å². The number of fused-ring (bicyclic) bond motifs is 1. The number of halogens is 1. The molecule has 0 atom stereocenters. The van der Waals surface area contributed by atoms with Crippen LogP contribution < -0.4 is 10.1 Å². The van der Waals surface area contributed by atoms with E-state index >= 15 is 0 Å². The van der Waals surface area contributed by atoms with Gasteiger partial charge in [0.15, 0.2) is 0 Å². The normalized spacial score (nSPS) is 16.6. The average molecular weight is 339 g/mol. The highest BCUT2D eigenvalue weighted by Gasteiger charge is 2.26. The maximum atomic E-state index is 12.6. The molecule has 1 fully saturated rings. The van der Waals surface area contributed by atoms with Gasteiger partial charge in [-0.25, -0.2) is 0 Å². The molecule has 1 aliphatic carbocycles. The number of amides is 1. The number of nitrogens with one attached hydrogen (secondary N) is 1. The van der Waals surface area contributed by atoms with Crippen molar-refractivity contribution in [1.82, 2.24) is 10.2 Å². The van der Waals surface area contributed by atoms with Gasteiger partial charge >= 0.3 is 0 Å². The highest BCUT2D eigenvalue weighted by atomic mass is 35.5. The Balaban J connectivity index is 0.00000192. The molecule has 0 radical (unpaired) electrons. The number of rotatable bonds is 6. The van der Waals surface area contributed by atoms with Crippen LogP contribution in [0.4, 0.5) is 0 Å². The fourth-order valence-electron chi connectivity index (χ4n) is 3.55. The maximum absolute atomic E-state index is 12.6. The van der Waals surface area contributed by atoms with Gasteiger partial charge in [-0.1, -0.05) is 25.0 Å². The summed E-state index contributed by atoms with van der Waals surface area (Å²) in [7, 11) is 1.90. The Morgan fingerprint density at radius 3 is 2.87 bits per heavy atom. The fraction of sp³-hybridized carbons (Fsp3) is 0.611. The van der Waals surface area contributed by atoms with Crippen molar-refractivity contribution >= 4 is 18.3 Å². The van der Waals surface area contributed by atoms with Crippen molar-refractivity contribution in [2.45, 2.75) is 51.1 Å². The quantitative estimate of drug-likeness (QED) is 0.867. The molecule has 3 rings (SSSR count). The van der Waals surface area contributed by atoms with E-state index in [1.54, 1.807) is 0 Å². The number of nitrogens with zero attached hydrogens (tertiary/aromatic N) is 1. The first-order chi connectivity index (χ1) is 10.8. The zero-order valence-corrected chi connectivity index (χ0v) is 14.7. The van der Waals surface area contributed by atoms with Crippen LogP contribution in [0.1, 0.15) is 43.2 Å². The van der Waals surface area contributed by atoms with E-state index in [4.69, 9.17) is 4.74 Å². The third-order valence-electron chi connectivity index (χ3n) is 4.78. The molecule has 0 saturated heterocycles. The lowest BCUT2D eigenvalue weighted by atomic mass is 10.1. The second-order valence-corrected chi connectivity index (χ2v) is 6.35. The Bertz CT molecular complexity index is 530. The first-order valence-corrected chi connectivity index (χ1v) is 8.46. The summed E-state index contributed by atoms with van der Waals surface area (Å²) < 4.78 is 5.57. The van der Waals surface area contributed by atoms with Crippen LogP contribution in [0.3, 0.4) is 0 Å². The van der Waals surface area contributed by atoms with Crippen molar-refractivity contribution in [1.29, 1.82) is 0 Å². The van der Waals surface area contributed by atoms with Crippen LogP contribution in [0.25, 0.3) is 0 Å². The van der Waals surface area contributed by atoms with Crippen molar-refractivity contribution in [3.05, 3.63) is 29.3 Å². The predicted molar refractivity (Wildman–Crippen MR) is 94.2 cm³/mol. The minimum atomic E-state index is 0. The van der Waals surface area contributed by atoms with Gasteiger partial charge in [-0.15, -0.1) is 12.4 Å². The molecular weight excluding hydrogens is 312 g/mol. The summed E-state index contributed by atoms with van der Waals surface area (Å²) >= 11 is 0. The van der Waals surface area contributed by atoms with E-state index < -0.39 is 0 Å². The molecular formula is C18H27ClN2O2. The Morgan fingerprint density at radius 2 is 2.13 bits per heavy atom. The molecule has 1 aromatic rings. The summed E-state index contributed by atoms with van der Waals surface area (Å²) in [6.45, 7) is 2.27. The summed E-state index contributed by atoms with van der Waals surface area (Å²) in [5, 5.41) is 3.08. The number of hydrogen-bond acceptors (Lipinski definition) is 3. The summed E-state index contributed by atoms with van der Waals surface area (Å²) in [6.07, 6.45) is 6.37. The van der Waals surface area contributed by atoms with Crippen molar-refractivity contribution in [2.75, 3.05) is 20.2 Å². The molecule has 0 aromatic heterocycles. The van der Waals surface area contributed by atoms with Crippen LogP contribution in [0.5, 0.6) is 5.75 Å². The van der Waals surface area contributed by atoms with Crippen LogP contribution in [0, 0.1) is 0 Å². The van der Waals surface area contributed by atoms with Gasteiger partial charge in [-0.05, 0) is 37.1 Å². The summed E-state index contributed by atoms with van der Waals surface area (Å²) in [5.41, 5.74) is 2.51. The molecule has 23 heavy (non-hydrogen) atoms. The van der Waals surface area contributed by atoms with E-state index in [2.05, 4.69) is 28.4 Å². The van der Waals surface area contributed by atoms with Crippen LogP contribution in [-0.2, 0) is 17.8 Å². The molecule has 0 unspecified atom stereocenters. The first-order valence-electron chi connectivity index (χ1n) is 8.46. The molecule has 1 saturated carbocycles. The third kappa shape index (κ3) is 4.39. The van der Waals surface area contributed by atoms with E-state index in [1.807, 2.05) is 7.05 Å². The molecule has 2 aliphatic rings. The maximum Gasteiger partial charge on any atom is 0.224 e. The Hall–Kier alpha value is -1.26. The first kappa shape index (κ1) is 18.1. The van der Waals surface area contributed by atoms with Gasteiger partial charge in [-0.3, -0.25) is 4.79 Å². The summed E-state index contributed by atoms with van der Waals surface area (Å²) in [4.78, 5) is 14.7. The van der Waals surface area contributed by atoms with Crippen LogP contribution in [-0.4, -0.2) is 37.0 Å². The number of carbonyl (C=O) groups is 1. The van der Waals surface area contributed by atoms with Gasteiger partial charge in [0.25, 0.3) is 0 Å². The summed E-state index contributed by atoms with van der Waals surface area (Å²) in [6, 6.07) is 6.81. The molecule has 0 bridgehead atoms. The van der Waals surface area contributed by atoms with Crippen molar-refractivity contribution in [3.8, 4) is 5.75 Å². The van der Waals surface area contributed by atoms with Crippen molar-refractivity contribution in [2.24, 2.45) is 0 Å². The van der Waals surface area contributed by atoms with E-state index in [1.165, 1.54) is 24.0 Å². The van der Waals surface area contributed by atoms with Crippen LogP contribution in [0.2, 0.25) is 0 Å². The van der Waals surface area contributed by atoms with Gasteiger partial charge in [0, 0.05) is 32.0 Å². The topological polar surface area (TPSA) is 41.6 Å². The van der Waals surface area contributed by atoms with E-state index in [9.17, 15) is 4.79 Å². The lowest BCUT2D eigenvalue weighted by Gasteiger charge is -2.29. The predicted octanol–water partition coefficient (Wildman–Crippen LogP) is 2.92. The molecule has 4 nitrogen and oxygen atoms in total. The highest BCUT2D eigenvalue weighted by Crippen LogP contribution is 2.29. The van der Waals surface area contributed by atoms with E-state index in [-0.39, 0.29) is 18.3 Å². The second kappa shape index (κ2) is 8.55.